The zero-order valence-corrected chi connectivity index (χ0v) is 29.3. The van der Waals surface area contributed by atoms with Crippen molar-refractivity contribution in [2.75, 3.05) is 0 Å². The smallest absolute Gasteiger partial charge is 0.270 e. The van der Waals surface area contributed by atoms with E-state index < -0.39 is 0 Å². The third-order valence-corrected chi connectivity index (χ3v) is 9.39. The number of pyridine rings is 4. The van der Waals surface area contributed by atoms with E-state index in [0.717, 1.165) is 50.1 Å². The summed E-state index contributed by atoms with van der Waals surface area (Å²) in [5.41, 5.74) is 10.5. The summed E-state index contributed by atoms with van der Waals surface area (Å²) in [6.45, 7) is 0.872. The van der Waals surface area contributed by atoms with Crippen molar-refractivity contribution in [2.24, 2.45) is 0 Å². The number of benzene rings is 3. The van der Waals surface area contributed by atoms with Crippen LogP contribution < -0.4 is 11.1 Å². The van der Waals surface area contributed by atoms with Gasteiger partial charge in [0.25, 0.3) is 11.1 Å². The normalized spacial score (nSPS) is 11.2. The molecule has 0 bridgehead atoms. The molecule has 0 aliphatic rings. The van der Waals surface area contributed by atoms with E-state index in [2.05, 4.69) is 70.7 Å². The SMILES string of the molecule is O=c1cnc2cccnc2n1Cc1cccc(-c2ccc3ncccc3c2)c1.O=c1cnc2cccnc2n1Cc1cccc(-c2cnc3ccccn23)c1. The molecule has 11 heteroatoms. The molecule has 0 saturated heterocycles. The molecule has 0 aliphatic heterocycles. The van der Waals surface area contributed by atoms with Gasteiger partial charge in [-0.25, -0.2) is 24.9 Å². The fourth-order valence-corrected chi connectivity index (χ4v) is 6.74. The van der Waals surface area contributed by atoms with Crippen molar-refractivity contribution in [1.82, 2.24) is 43.4 Å². The Balaban J connectivity index is 0.000000144. The molecule has 10 aromatic rings. The summed E-state index contributed by atoms with van der Waals surface area (Å²) in [6, 6.07) is 39.9. The molecule has 0 fully saturated rings. The van der Waals surface area contributed by atoms with Gasteiger partial charge in [0.1, 0.15) is 16.7 Å². The molecule has 7 heterocycles. The lowest BCUT2D eigenvalue weighted by molar-refractivity contribution is 0.775. The van der Waals surface area contributed by atoms with E-state index in [1.807, 2.05) is 97.3 Å². The Labute approximate surface area is 313 Å². The molecule has 0 atom stereocenters. The number of aromatic nitrogens is 9. The summed E-state index contributed by atoms with van der Waals surface area (Å²) >= 11 is 0. The highest BCUT2D eigenvalue weighted by Gasteiger charge is 2.10. The van der Waals surface area contributed by atoms with Crippen LogP contribution in [-0.2, 0) is 13.1 Å². The molecule has 0 unspecified atom stereocenters. The lowest BCUT2D eigenvalue weighted by atomic mass is 10.0. The first kappa shape index (κ1) is 33.2. The largest absolute Gasteiger partial charge is 0.300 e. The quantitative estimate of drug-likeness (QED) is 0.177. The highest BCUT2D eigenvalue weighted by atomic mass is 16.1. The van der Waals surface area contributed by atoms with Crippen molar-refractivity contribution in [2.45, 2.75) is 13.1 Å². The Morgan fingerprint density at radius 1 is 0.455 bits per heavy atom. The predicted octanol–water partition coefficient (Wildman–Crippen LogP) is 7.21. The first-order chi connectivity index (χ1) is 27.1. The predicted molar refractivity (Wildman–Crippen MR) is 214 cm³/mol. The van der Waals surface area contributed by atoms with E-state index in [0.29, 0.717) is 35.4 Å². The van der Waals surface area contributed by atoms with Crippen LogP contribution in [-0.4, -0.2) is 43.4 Å². The van der Waals surface area contributed by atoms with Crippen LogP contribution >= 0.6 is 0 Å². The first-order valence-electron chi connectivity index (χ1n) is 17.6. The molecular weight excluding hydrogens is 687 g/mol. The van der Waals surface area contributed by atoms with Crippen LogP contribution in [0.2, 0.25) is 0 Å². The molecule has 11 nitrogen and oxygen atoms in total. The van der Waals surface area contributed by atoms with Crippen LogP contribution in [0, 0.1) is 0 Å². The monoisotopic (exact) mass is 717 g/mol. The van der Waals surface area contributed by atoms with Gasteiger partial charge in [-0.15, -0.1) is 0 Å². The molecule has 55 heavy (non-hydrogen) atoms. The van der Waals surface area contributed by atoms with E-state index in [9.17, 15) is 9.59 Å². The molecule has 7 aromatic heterocycles. The highest BCUT2D eigenvalue weighted by molar-refractivity contribution is 5.84. The zero-order valence-electron chi connectivity index (χ0n) is 29.3. The molecule has 3 aromatic carbocycles. The summed E-state index contributed by atoms with van der Waals surface area (Å²) < 4.78 is 5.36. The minimum Gasteiger partial charge on any atom is -0.300 e. The molecule has 264 valence electrons. The molecule has 0 aliphatic carbocycles. The maximum atomic E-state index is 12.4. The van der Waals surface area contributed by atoms with Crippen LogP contribution in [0.4, 0.5) is 0 Å². The standard InChI is InChI=1S/C23H16N4O.C21H15N5O/c28-22-14-26-21-7-3-11-25-23(21)27(22)15-16-4-1-5-17(12-16)18-8-9-20-19(13-18)6-2-10-24-20;27-20-13-23-17-7-4-9-22-21(17)26(20)14-15-5-3-6-16(11-15)18-12-24-19-8-1-2-10-25(18)19/h1-14H,15H2;1-13H,14H2. The summed E-state index contributed by atoms with van der Waals surface area (Å²) in [7, 11) is 0. The van der Waals surface area contributed by atoms with Crippen molar-refractivity contribution >= 4 is 38.9 Å². The van der Waals surface area contributed by atoms with Crippen molar-refractivity contribution in [3.05, 3.63) is 197 Å². The average Bonchev–Trinajstić information content (AvgIpc) is 3.68. The molecule has 0 spiro atoms. The number of hydrogen-bond acceptors (Lipinski definition) is 8. The van der Waals surface area contributed by atoms with Crippen LogP contribution in [0.1, 0.15) is 11.1 Å². The van der Waals surface area contributed by atoms with Crippen LogP contribution in [0.15, 0.2) is 174 Å². The Bertz CT molecular complexity index is 3130. The van der Waals surface area contributed by atoms with E-state index in [1.165, 1.54) is 12.4 Å². The minimum absolute atomic E-state index is 0.159. The van der Waals surface area contributed by atoms with E-state index in [-0.39, 0.29) is 11.1 Å². The van der Waals surface area contributed by atoms with Gasteiger partial charge in [-0.05, 0) is 89.0 Å². The summed E-state index contributed by atoms with van der Waals surface area (Å²) in [5.74, 6) is 0. The summed E-state index contributed by atoms with van der Waals surface area (Å²) in [5, 5.41) is 1.10. The Morgan fingerprint density at radius 2 is 1.07 bits per heavy atom. The van der Waals surface area contributed by atoms with Gasteiger partial charge in [-0.1, -0.05) is 54.6 Å². The number of imidazole rings is 1. The average molecular weight is 718 g/mol. The summed E-state index contributed by atoms with van der Waals surface area (Å²) in [4.78, 5) is 50.6. The lowest BCUT2D eigenvalue weighted by Gasteiger charge is -2.10. The second-order valence-electron chi connectivity index (χ2n) is 12.9. The van der Waals surface area contributed by atoms with Crippen molar-refractivity contribution in [3.8, 4) is 22.4 Å². The van der Waals surface area contributed by atoms with E-state index in [4.69, 9.17) is 0 Å². The molecule has 10 rings (SSSR count). The second-order valence-corrected chi connectivity index (χ2v) is 12.9. The number of fused-ring (bicyclic) bond motifs is 4. The highest BCUT2D eigenvalue weighted by Crippen LogP contribution is 2.25. The van der Waals surface area contributed by atoms with Gasteiger partial charge in [-0.3, -0.25) is 28.1 Å². The van der Waals surface area contributed by atoms with Gasteiger partial charge in [0.15, 0.2) is 11.3 Å². The lowest BCUT2D eigenvalue weighted by Crippen LogP contribution is -2.21. The Hall–Kier alpha value is -7.66. The number of rotatable bonds is 6. The van der Waals surface area contributed by atoms with Gasteiger partial charge in [-0.2, -0.15) is 0 Å². The van der Waals surface area contributed by atoms with Crippen molar-refractivity contribution in [1.29, 1.82) is 0 Å². The topological polar surface area (TPSA) is 126 Å². The van der Waals surface area contributed by atoms with Gasteiger partial charge >= 0.3 is 0 Å². The molecule has 0 radical (unpaired) electrons. The molecule has 0 N–H and O–H groups in total. The van der Waals surface area contributed by atoms with Crippen molar-refractivity contribution < 1.29 is 0 Å². The number of nitrogens with zero attached hydrogens (tertiary/aromatic N) is 9. The van der Waals surface area contributed by atoms with Crippen LogP contribution in [0.3, 0.4) is 0 Å². The summed E-state index contributed by atoms with van der Waals surface area (Å²) in [6.07, 6.45) is 11.7. The second kappa shape index (κ2) is 14.4. The fraction of sp³-hybridized carbons (Fsp3) is 0.0455. The van der Waals surface area contributed by atoms with Gasteiger partial charge < -0.3 is 0 Å². The van der Waals surface area contributed by atoms with E-state index in [1.54, 1.807) is 27.7 Å². The Morgan fingerprint density at radius 3 is 1.78 bits per heavy atom. The number of hydrogen-bond donors (Lipinski definition) is 0. The Kier molecular flexibility index (Phi) is 8.69. The van der Waals surface area contributed by atoms with E-state index >= 15 is 0 Å². The molecule has 0 amide bonds. The third kappa shape index (κ3) is 6.73. The maximum absolute atomic E-state index is 12.4. The zero-order chi connectivity index (χ0) is 37.1. The van der Waals surface area contributed by atoms with Gasteiger partial charge in [0.2, 0.25) is 0 Å². The maximum Gasteiger partial charge on any atom is 0.270 e. The van der Waals surface area contributed by atoms with Crippen molar-refractivity contribution in [3.63, 3.8) is 0 Å². The van der Waals surface area contributed by atoms with Crippen LogP contribution in [0.25, 0.3) is 61.3 Å². The van der Waals surface area contributed by atoms with Crippen LogP contribution in [0.5, 0.6) is 0 Å². The first-order valence-corrected chi connectivity index (χ1v) is 17.6. The molecule has 0 saturated carbocycles. The van der Waals surface area contributed by atoms with Gasteiger partial charge in [0, 0.05) is 35.7 Å². The fourth-order valence-electron chi connectivity index (χ4n) is 6.74. The minimum atomic E-state index is -0.165. The third-order valence-electron chi connectivity index (χ3n) is 9.39. The molecular formula is C44H31N9O2. The van der Waals surface area contributed by atoms with Gasteiger partial charge in [0.05, 0.1) is 42.9 Å².